The Hall–Kier alpha value is -1.82. The standard InChI is InChI=1S/C28H60P.C12H20NOS.C10H15NOS.C10H14OS.C10H14S.C6H6S.C4H9Br.CH4.BF4.BrH/c1-5-9-13-14-15-16-17-18-19-20-21-22-23-24-28-29(25-10-6-2,26-11-7-3)27-12-8-4;1-4-5-11-15(14,13(2)3)12-9-7-6-8-10-12;1-2-3-9-13(11,12)10-7-5-4-6-8-10;1-2-3-9-12(11)10-7-5-4-6-8-10;1-2-3-9-11-10-7-5-4-6-8-10;7-6-4-2-1-3-5-6;1-2-3-4-5;;2-1(3,4)5;/h5-28H2,1-4H3;6-10H,4-5,11H2,1-3H3;4-8,11H,2-3,9H2,1H3;4-8H,2-3,9H2,1H3;4-8H,2-3,9H2,1H3;1-5,7H;2-4H2,1H3;1H4;;1H/q2*+1;;;;;;;-1;/p-1. The molecular formula is C81H142BBr2F4N2O3PS5. The zero-order valence-corrected chi connectivity index (χ0v) is 71.3. The minimum atomic E-state index is -6.00. The van der Waals surface area contributed by atoms with E-state index in [1.165, 1.54) is 158 Å². The highest BCUT2D eigenvalue weighted by Crippen LogP contribution is 2.61. The van der Waals surface area contributed by atoms with Gasteiger partial charge in [0.25, 0.3) is 0 Å². The topological polar surface area (TPSA) is 78.3 Å². The molecule has 0 spiro atoms. The van der Waals surface area contributed by atoms with E-state index in [0.717, 1.165) is 70.0 Å². The first kappa shape index (κ1) is 106. The summed E-state index contributed by atoms with van der Waals surface area (Å²) in [6.07, 6.45) is 47.3. The van der Waals surface area contributed by atoms with Gasteiger partial charge in [-0.1, -0.05) is 309 Å². The molecule has 574 valence electrons. The summed E-state index contributed by atoms with van der Waals surface area (Å²) < 4.78 is 84.7. The van der Waals surface area contributed by atoms with Crippen molar-refractivity contribution in [3.05, 3.63) is 152 Å². The van der Waals surface area contributed by atoms with Crippen molar-refractivity contribution in [2.75, 3.05) is 67.1 Å². The summed E-state index contributed by atoms with van der Waals surface area (Å²) in [5, 5.41) is 1.16. The molecule has 0 fully saturated rings. The van der Waals surface area contributed by atoms with Crippen molar-refractivity contribution < 1.29 is 46.9 Å². The third-order valence-electron chi connectivity index (χ3n) is 15.8. The van der Waals surface area contributed by atoms with Gasteiger partial charge in [0.2, 0.25) is 0 Å². The molecule has 18 heteroatoms. The van der Waals surface area contributed by atoms with Gasteiger partial charge in [-0.05, 0) is 131 Å². The number of thioether (sulfide) groups is 1. The van der Waals surface area contributed by atoms with E-state index in [4.69, 9.17) is 4.78 Å². The van der Waals surface area contributed by atoms with E-state index < -0.39 is 45.2 Å². The van der Waals surface area contributed by atoms with Gasteiger partial charge in [0.15, 0.2) is 15.0 Å². The van der Waals surface area contributed by atoms with Crippen molar-refractivity contribution in [1.82, 2.24) is 4.31 Å². The van der Waals surface area contributed by atoms with Gasteiger partial charge in [-0.3, -0.25) is 4.21 Å². The lowest BCUT2D eigenvalue weighted by Crippen LogP contribution is -3.00. The van der Waals surface area contributed by atoms with Crippen molar-refractivity contribution in [1.29, 1.82) is 4.78 Å². The molecule has 0 amide bonds. The lowest BCUT2D eigenvalue weighted by molar-refractivity contribution is -0.0000301. The fourth-order valence-corrected chi connectivity index (χ4v) is 21.8. The molecule has 0 heterocycles. The molecule has 0 saturated carbocycles. The maximum absolute atomic E-state index is 12.8. The van der Waals surface area contributed by atoms with Gasteiger partial charge in [0.05, 0.1) is 45.2 Å². The van der Waals surface area contributed by atoms with Crippen molar-refractivity contribution in [3.63, 3.8) is 0 Å². The van der Waals surface area contributed by atoms with E-state index in [0.29, 0.717) is 10.6 Å². The van der Waals surface area contributed by atoms with E-state index in [1.54, 1.807) is 43.2 Å². The van der Waals surface area contributed by atoms with E-state index in [2.05, 4.69) is 114 Å². The average molecular weight is 1630 g/mol. The number of rotatable bonds is 43. The van der Waals surface area contributed by atoms with Crippen LogP contribution in [0.25, 0.3) is 0 Å². The van der Waals surface area contributed by atoms with E-state index in [9.17, 15) is 29.9 Å². The van der Waals surface area contributed by atoms with Crippen LogP contribution >= 0.6 is 47.6 Å². The van der Waals surface area contributed by atoms with Crippen LogP contribution in [0.15, 0.2) is 176 Å². The molecule has 3 atom stereocenters. The summed E-state index contributed by atoms with van der Waals surface area (Å²) in [6, 6.07) is 48.9. The second-order valence-electron chi connectivity index (χ2n) is 24.9. The van der Waals surface area contributed by atoms with Crippen LogP contribution in [0.1, 0.15) is 262 Å². The van der Waals surface area contributed by atoms with Gasteiger partial charge in [-0.15, -0.1) is 28.7 Å². The normalized spacial score (nSPS) is 12.1. The first-order valence-corrected chi connectivity index (χ1v) is 47.1. The Labute approximate surface area is 641 Å². The highest BCUT2D eigenvalue weighted by molar-refractivity contribution is 9.09. The van der Waals surface area contributed by atoms with E-state index in [1.807, 2.05) is 146 Å². The van der Waals surface area contributed by atoms with Crippen LogP contribution in [0.3, 0.4) is 0 Å². The monoisotopic (exact) mass is 1630 g/mol. The maximum Gasteiger partial charge on any atom is 0.673 e. The minimum Gasteiger partial charge on any atom is -1.00 e. The summed E-state index contributed by atoms with van der Waals surface area (Å²) in [7, 11) is -8.16. The van der Waals surface area contributed by atoms with Crippen molar-refractivity contribution >= 4 is 85.5 Å². The number of hydrogen-bond donors (Lipinski definition) is 2. The van der Waals surface area contributed by atoms with Crippen LogP contribution in [0.4, 0.5) is 17.3 Å². The number of benzene rings is 5. The van der Waals surface area contributed by atoms with Crippen LogP contribution in [-0.2, 0) is 34.9 Å². The fraction of sp³-hybridized carbons (Fsp3) is 0.630. The Kier molecular flexibility index (Phi) is 79.6. The predicted octanol–water partition coefficient (Wildman–Crippen LogP) is 25.9. The number of nitrogens with one attached hydrogen (secondary N) is 1. The number of unbranched alkanes of at least 4 members (excludes halogenated alkanes) is 21. The first-order valence-electron chi connectivity index (χ1n) is 37.3. The molecule has 0 saturated heterocycles. The Bertz CT molecular complexity index is 2580. The van der Waals surface area contributed by atoms with Gasteiger partial charge < -0.3 is 34.2 Å². The third-order valence-corrected chi connectivity index (χ3v) is 29.2. The summed E-state index contributed by atoms with van der Waals surface area (Å²) in [4.78, 5) is 4.96. The highest BCUT2D eigenvalue weighted by Gasteiger charge is 2.35. The fourth-order valence-electron chi connectivity index (χ4n) is 9.76. The second-order valence-corrected chi connectivity index (χ2v) is 38.5. The molecule has 0 aliphatic heterocycles. The molecule has 5 nitrogen and oxygen atoms in total. The minimum absolute atomic E-state index is 0. The number of halogens is 6. The summed E-state index contributed by atoms with van der Waals surface area (Å²) in [5.41, 5.74) is 0. The average Bonchev–Trinajstić information content (AvgIpc) is 0.832. The zero-order chi connectivity index (χ0) is 73.0. The maximum atomic E-state index is 12.8. The molecule has 5 rings (SSSR count). The van der Waals surface area contributed by atoms with E-state index >= 15 is 0 Å². The molecule has 5 aromatic carbocycles. The summed E-state index contributed by atoms with van der Waals surface area (Å²) >= 11 is 9.34. The number of hydrogen-bond acceptors (Lipinski definition) is 6. The van der Waals surface area contributed by atoms with Crippen LogP contribution in [0, 0.1) is 4.78 Å². The van der Waals surface area contributed by atoms with Crippen LogP contribution in [0.2, 0.25) is 0 Å². The lowest BCUT2D eigenvalue weighted by Gasteiger charge is -2.28. The molecular weight excluding hydrogens is 1490 g/mol. The quantitative estimate of drug-likeness (QED) is 0.00596. The Morgan fingerprint density at radius 2 is 0.838 bits per heavy atom. The molecule has 3 unspecified atom stereocenters. The Morgan fingerprint density at radius 3 is 1.19 bits per heavy atom. The summed E-state index contributed by atoms with van der Waals surface area (Å²) in [5.74, 6) is 3.27. The highest BCUT2D eigenvalue weighted by atomic mass is 79.9. The molecule has 0 aliphatic carbocycles. The van der Waals surface area contributed by atoms with Gasteiger partial charge in [0, 0.05) is 57.8 Å². The van der Waals surface area contributed by atoms with Crippen LogP contribution in [0.5, 0.6) is 0 Å². The van der Waals surface area contributed by atoms with Gasteiger partial charge in [0.1, 0.15) is 5.75 Å². The SMILES string of the molecule is C.CCCCBr.CCCCCCCCCCCCCCCC[P+](CCCC)(CCCC)CCCC.CCCCS(=N)(=O)c1ccccc1.CCCCS(=O)c1ccccc1.CCCCSc1ccccc1.CCCC[S+](=O)(c1ccccc1)N(C)C.F[B-](F)(F)F.Sc1ccccc1.[Br-]. The van der Waals surface area contributed by atoms with Crippen LogP contribution < -0.4 is 17.0 Å². The third kappa shape index (κ3) is 66.6. The molecule has 0 aromatic heterocycles. The molecule has 0 bridgehead atoms. The van der Waals surface area contributed by atoms with E-state index in [-0.39, 0.29) is 24.4 Å². The molecule has 0 radical (unpaired) electrons. The lowest BCUT2D eigenvalue weighted by atomic mass is 10.0. The first-order chi connectivity index (χ1) is 46.6. The smallest absolute Gasteiger partial charge is 0.673 e. The Balaban J connectivity index is -0.000000362. The van der Waals surface area contributed by atoms with Crippen LogP contribution in [-0.4, -0.2) is 87.1 Å². The van der Waals surface area contributed by atoms with Crippen molar-refractivity contribution in [2.45, 2.75) is 287 Å². The zero-order valence-electron chi connectivity index (χ0n) is 63.1. The number of thiol groups is 1. The molecule has 0 aliphatic rings. The second kappa shape index (κ2) is 74.5. The predicted molar refractivity (Wildman–Crippen MR) is 447 cm³/mol. The van der Waals surface area contributed by atoms with Gasteiger partial charge >= 0.3 is 7.25 Å². The molecule has 1 N–H and O–H groups in total. The van der Waals surface area contributed by atoms with Gasteiger partial charge in [-0.2, -0.15) is 0 Å². The largest absolute Gasteiger partial charge is 1.00 e. The summed E-state index contributed by atoms with van der Waals surface area (Å²) in [6.45, 7) is 20.2. The molecule has 5 aromatic rings. The Morgan fingerprint density at radius 1 is 0.495 bits per heavy atom. The number of alkyl halides is 1. The van der Waals surface area contributed by atoms with Crippen molar-refractivity contribution in [3.8, 4) is 0 Å². The molecule has 99 heavy (non-hydrogen) atoms. The number of nitrogens with zero attached hydrogens (tertiary/aromatic N) is 1. The van der Waals surface area contributed by atoms with Crippen molar-refractivity contribution in [2.24, 2.45) is 0 Å². The van der Waals surface area contributed by atoms with Gasteiger partial charge in [-0.25, -0.2) is 8.99 Å².